The van der Waals surface area contributed by atoms with Gasteiger partial charge in [0.05, 0.1) is 31.0 Å². The van der Waals surface area contributed by atoms with Crippen molar-refractivity contribution in [2.45, 2.75) is 39.2 Å². The largest absolute Gasteiger partial charge is 0.493 e. The molecule has 1 amide bonds. The first-order valence-electron chi connectivity index (χ1n) is 10.3. The van der Waals surface area contributed by atoms with Gasteiger partial charge >= 0.3 is 5.97 Å². The topological polar surface area (TPSA) is 77.4 Å². The molecule has 8 heteroatoms. The normalized spacial score (nSPS) is 18.3. The number of thioether (sulfide) groups is 1. The molecule has 1 saturated heterocycles. The minimum Gasteiger partial charge on any atom is -0.493 e. The average molecular weight is 445 g/mol. The molecular weight excluding hydrogens is 416 g/mol. The number of benzene rings is 1. The first kappa shape index (κ1) is 22.9. The monoisotopic (exact) mass is 444 g/mol. The number of methoxy groups -OCH3 is 1. The van der Waals surface area contributed by atoms with E-state index in [1.807, 2.05) is 18.2 Å². The minimum atomic E-state index is -0.649. The van der Waals surface area contributed by atoms with E-state index in [9.17, 15) is 9.59 Å². The van der Waals surface area contributed by atoms with Crippen LogP contribution in [0, 0.1) is 0 Å². The number of carbonyl (C=O) groups excluding carboxylic acids is 2. The summed E-state index contributed by atoms with van der Waals surface area (Å²) >= 11 is 1.51. The van der Waals surface area contributed by atoms with Gasteiger partial charge in [-0.3, -0.25) is 9.69 Å². The first-order chi connectivity index (χ1) is 15.0. The van der Waals surface area contributed by atoms with E-state index in [-0.39, 0.29) is 12.5 Å². The van der Waals surface area contributed by atoms with E-state index >= 15 is 0 Å². The standard InChI is InChI=1S/C23H28N2O5S/c1-5-7-12-29-17-9-8-16(14-18(17)28-4)21-20(22(27)30-11-6-2)15(3)24-23-25(21)19(26)10-13-31-23/h6,8-9,14,21H,2,5,7,10-13H2,1,3-4H3/t21-/m1/s1. The number of aliphatic imine (C=N–C) groups is 1. The predicted molar refractivity (Wildman–Crippen MR) is 121 cm³/mol. The number of hydrogen-bond donors (Lipinski definition) is 0. The number of hydrogen-bond acceptors (Lipinski definition) is 7. The molecule has 1 aromatic carbocycles. The summed E-state index contributed by atoms with van der Waals surface area (Å²) in [6.07, 6.45) is 3.85. The number of esters is 1. The van der Waals surface area contributed by atoms with Crippen molar-refractivity contribution in [3.05, 3.63) is 47.7 Å². The second kappa shape index (κ2) is 10.5. The van der Waals surface area contributed by atoms with Gasteiger partial charge in [0.1, 0.15) is 6.61 Å². The highest BCUT2D eigenvalue weighted by molar-refractivity contribution is 8.14. The van der Waals surface area contributed by atoms with Crippen LogP contribution in [0.5, 0.6) is 11.5 Å². The Hall–Kier alpha value is -2.74. The van der Waals surface area contributed by atoms with E-state index in [1.165, 1.54) is 17.8 Å². The molecule has 166 valence electrons. The van der Waals surface area contributed by atoms with Crippen LogP contribution in [0.4, 0.5) is 0 Å². The molecule has 2 aliphatic rings. The van der Waals surface area contributed by atoms with Crippen molar-refractivity contribution in [2.24, 2.45) is 4.99 Å². The third kappa shape index (κ3) is 4.95. The fourth-order valence-electron chi connectivity index (χ4n) is 3.48. The van der Waals surface area contributed by atoms with Crippen molar-refractivity contribution in [3.63, 3.8) is 0 Å². The Labute approximate surface area is 187 Å². The third-order valence-electron chi connectivity index (χ3n) is 5.02. The van der Waals surface area contributed by atoms with Gasteiger partial charge in [0.2, 0.25) is 5.91 Å². The Balaban J connectivity index is 2.05. The smallest absolute Gasteiger partial charge is 0.338 e. The number of amidine groups is 1. The molecule has 0 spiro atoms. The fourth-order valence-corrected chi connectivity index (χ4v) is 4.49. The SMILES string of the molecule is C=CCOC(=O)C1=C(C)N=C2SCCC(=O)N2[C@@H]1c1ccc(OCCCC)c(OC)c1. The van der Waals surface area contributed by atoms with Gasteiger partial charge in [-0.05, 0) is 31.0 Å². The Morgan fingerprint density at radius 2 is 2.19 bits per heavy atom. The van der Waals surface area contributed by atoms with Gasteiger partial charge in [0.15, 0.2) is 16.7 Å². The molecule has 2 aliphatic heterocycles. The number of rotatable bonds is 9. The summed E-state index contributed by atoms with van der Waals surface area (Å²) in [5.74, 6) is 1.24. The van der Waals surface area contributed by atoms with Crippen molar-refractivity contribution in [1.82, 2.24) is 4.90 Å². The lowest BCUT2D eigenvalue weighted by Gasteiger charge is -2.39. The fraction of sp³-hybridized carbons (Fsp3) is 0.435. The number of ether oxygens (including phenoxy) is 3. The van der Waals surface area contributed by atoms with Gasteiger partial charge in [0.25, 0.3) is 0 Å². The molecule has 0 radical (unpaired) electrons. The van der Waals surface area contributed by atoms with Crippen LogP contribution in [0.15, 0.2) is 47.1 Å². The summed E-state index contributed by atoms with van der Waals surface area (Å²) < 4.78 is 16.7. The third-order valence-corrected chi connectivity index (χ3v) is 5.97. The number of allylic oxidation sites excluding steroid dienone is 1. The van der Waals surface area contributed by atoms with Crippen LogP contribution in [-0.4, -0.2) is 48.0 Å². The van der Waals surface area contributed by atoms with E-state index < -0.39 is 12.0 Å². The first-order valence-corrected chi connectivity index (χ1v) is 11.3. The number of unbranched alkanes of at least 4 members (excludes halogenated alkanes) is 1. The maximum absolute atomic E-state index is 12.9. The lowest BCUT2D eigenvalue weighted by atomic mass is 9.94. The average Bonchev–Trinajstić information content (AvgIpc) is 2.77. The molecule has 0 bridgehead atoms. The Kier molecular flexibility index (Phi) is 7.79. The molecule has 1 aromatic rings. The Bertz CT molecular complexity index is 925. The number of fused-ring (bicyclic) bond motifs is 1. The summed E-state index contributed by atoms with van der Waals surface area (Å²) in [7, 11) is 1.57. The Morgan fingerprint density at radius 3 is 2.90 bits per heavy atom. The molecule has 31 heavy (non-hydrogen) atoms. The Morgan fingerprint density at radius 1 is 1.39 bits per heavy atom. The van der Waals surface area contributed by atoms with Crippen LogP contribution in [0.3, 0.4) is 0 Å². The second-order valence-electron chi connectivity index (χ2n) is 7.16. The highest BCUT2D eigenvalue weighted by Crippen LogP contribution is 2.42. The van der Waals surface area contributed by atoms with Gasteiger partial charge in [0, 0.05) is 12.2 Å². The highest BCUT2D eigenvalue weighted by atomic mass is 32.2. The van der Waals surface area contributed by atoms with Crippen LogP contribution in [-0.2, 0) is 14.3 Å². The van der Waals surface area contributed by atoms with Crippen LogP contribution in [0.2, 0.25) is 0 Å². The van der Waals surface area contributed by atoms with E-state index in [0.29, 0.717) is 46.7 Å². The van der Waals surface area contributed by atoms with E-state index in [0.717, 1.165) is 18.4 Å². The van der Waals surface area contributed by atoms with E-state index in [1.54, 1.807) is 18.9 Å². The number of carbonyl (C=O) groups is 2. The van der Waals surface area contributed by atoms with Crippen molar-refractivity contribution in [1.29, 1.82) is 0 Å². The zero-order valence-corrected chi connectivity index (χ0v) is 19.0. The van der Waals surface area contributed by atoms with Gasteiger partial charge in [-0.25, -0.2) is 9.79 Å². The van der Waals surface area contributed by atoms with Gasteiger partial charge < -0.3 is 14.2 Å². The molecule has 0 unspecified atom stereocenters. The number of amides is 1. The lowest BCUT2D eigenvalue weighted by molar-refractivity contribution is -0.139. The van der Waals surface area contributed by atoms with Crippen molar-refractivity contribution >= 4 is 28.8 Å². The van der Waals surface area contributed by atoms with E-state index in [2.05, 4.69) is 18.5 Å². The van der Waals surface area contributed by atoms with Gasteiger partial charge in [-0.2, -0.15) is 0 Å². The maximum Gasteiger partial charge on any atom is 0.338 e. The molecule has 7 nitrogen and oxygen atoms in total. The summed E-state index contributed by atoms with van der Waals surface area (Å²) in [6.45, 7) is 8.13. The highest BCUT2D eigenvalue weighted by Gasteiger charge is 2.41. The predicted octanol–water partition coefficient (Wildman–Crippen LogP) is 4.25. The molecule has 2 heterocycles. The summed E-state index contributed by atoms with van der Waals surface area (Å²) in [5, 5.41) is 0.598. The molecule has 0 aliphatic carbocycles. The zero-order valence-electron chi connectivity index (χ0n) is 18.2. The van der Waals surface area contributed by atoms with Gasteiger partial charge in [-0.15, -0.1) is 0 Å². The zero-order chi connectivity index (χ0) is 22.4. The van der Waals surface area contributed by atoms with Crippen molar-refractivity contribution < 1.29 is 23.8 Å². The summed E-state index contributed by atoms with van der Waals surface area (Å²) in [6, 6.07) is 4.84. The molecule has 0 aromatic heterocycles. The van der Waals surface area contributed by atoms with Crippen LogP contribution >= 0.6 is 11.8 Å². The van der Waals surface area contributed by atoms with Crippen LogP contribution in [0.1, 0.15) is 44.7 Å². The molecule has 1 atom stereocenters. The van der Waals surface area contributed by atoms with Crippen LogP contribution < -0.4 is 9.47 Å². The molecule has 0 N–H and O–H groups in total. The number of nitrogens with zero attached hydrogens (tertiary/aromatic N) is 2. The minimum absolute atomic E-state index is 0.0775. The van der Waals surface area contributed by atoms with E-state index in [4.69, 9.17) is 14.2 Å². The summed E-state index contributed by atoms with van der Waals surface area (Å²) in [4.78, 5) is 31.9. The molecule has 1 fully saturated rings. The summed E-state index contributed by atoms with van der Waals surface area (Å²) in [5.41, 5.74) is 1.60. The molecule has 3 rings (SSSR count). The quantitative estimate of drug-likeness (QED) is 0.322. The second-order valence-corrected chi connectivity index (χ2v) is 8.22. The molecular formula is C23H28N2O5S. The molecule has 0 saturated carbocycles. The van der Waals surface area contributed by atoms with Gasteiger partial charge in [-0.1, -0.05) is 43.8 Å². The van der Waals surface area contributed by atoms with Crippen LogP contribution in [0.25, 0.3) is 0 Å². The lowest BCUT2D eigenvalue weighted by Crippen LogP contribution is -2.45. The van der Waals surface area contributed by atoms with Crippen molar-refractivity contribution in [2.75, 3.05) is 26.1 Å². The maximum atomic E-state index is 12.9. The van der Waals surface area contributed by atoms with Crippen molar-refractivity contribution in [3.8, 4) is 11.5 Å².